The van der Waals surface area contributed by atoms with Gasteiger partial charge in [-0.25, -0.2) is 23.2 Å². The number of hydrogen-bond acceptors (Lipinski definition) is 5. The fourth-order valence-corrected chi connectivity index (χ4v) is 5.92. The Bertz CT molecular complexity index is 1260. The molecule has 3 fully saturated rings. The third-order valence-electron chi connectivity index (χ3n) is 8.21. The molecule has 9 heteroatoms. The van der Waals surface area contributed by atoms with Crippen LogP contribution in [0.25, 0.3) is 16.7 Å². The Morgan fingerprint density at radius 3 is 2.28 bits per heavy atom. The molecule has 0 radical (unpaired) electrons. The molecule has 2 aliphatic heterocycles. The molecule has 3 aliphatic rings. The van der Waals surface area contributed by atoms with E-state index >= 15 is 0 Å². The minimum absolute atomic E-state index is 0.0203. The van der Waals surface area contributed by atoms with Crippen LogP contribution in [0.5, 0.6) is 0 Å². The summed E-state index contributed by atoms with van der Waals surface area (Å²) >= 11 is 0. The smallest absolute Gasteiger partial charge is 0.354 e. The van der Waals surface area contributed by atoms with Gasteiger partial charge < -0.3 is 14.9 Å². The third kappa shape index (κ3) is 4.23. The summed E-state index contributed by atoms with van der Waals surface area (Å²) in [7, 11) is 0. The van der Waals surface area contributed by atoms with Crippen molar-refractivity contribution in [2.75, 3.05) is 31.1 Å². The molecule has 1 saturated carbocycles. The van der Waals surface area contributed by atoms with Crippen molar-refractivity contribution in [3.05, 3.63) is 47.5 Å². The van der Waals surface area contributed by atoms with E-state index < -0.39 is 12.1 Å². The van der Waals surface area contributed by atoms with Gasteiger partial charge >= 0.3 is 5.97 Å². The SMILES string of the molecule is O=C(O)c1cc(N2CCC(N3CCC(F)CC3)CC2)c2c(C3CCC3)nn(-c3ccc(F)cc3)c2n1. The first-order valence-corrected chi connectivity index (χ1v) is 13.0. The predicted octanol–water partition coefficient (Wildman–Crippen LogP) is 4.93. The summed E-state index contributed by atoms with van der Waals surface area (Å²) in [6.07, 6.45) is 5.68. The summed E-state index contributed by atoms with van der Waals surface area (Å²) < 4.78 is 28.9. The Morgan fingerprint density at radius 2 is 1.67 bits per heavy atom. The average Bonchev–Trinajstić information content (AvgIpc) is 3.22. The quantitative estimate of drug-likeness (QED) is 0.541. The van der Waals surface area contributed by atoms with Gasteiger partial charge in [0.05, 0.1) is 22.5 Å². The molecule has 4 heterocycles. The normalized spacial score (nSPS) is 20.7. The van der Waals surface area contributed by atoms with Gasteiger partial charge in [-0.1, -0.05) is 6.42 Å². The molecule has 7 nitrogen and oxygen atoms in total. The highest BCUT2D eigenvalue weighted by Crippen LogP contribution is 2.43. The highest BCUT2D eigenvalue weighted by Gasteiger charge is 2.33. The largest absolute Gasteiger partial charge is 0.477 e. The van der Waals surface area contributed by atoms with Crippen molar-refractivity contribution in [3.8, 4) is 5.69 Å². The van der Waals surface area contributed by atoms with Gasteiger partial charge in [0, 0.05) is 38.1 Å². The molecule has 1 aliphatic carbocycles. The number of benzene rings is 1. The van der Waals surface area contributed by atoms with E-state index in [1.54, 1.807) is 22.9 Å². The number of likely N-dealkylation sites (tertiary alicyclic amines) is 1. The fraction of sp³-hybridized carbons (Fsp3) is 0.519. The Morgan fingerprint density at radius 1 is 0.972 bits per heavy atom. The number of carboxylic acid groups (broad SMARTS) is 1. The van der Waals surface area contributed by atoms with E-state index in [1.165, 1.54) is 12.1 Å². The van der Waals surface area contributed by atoms with Gasteiger partial charge in [0.15, 0.2) is 11.3 Å². The molecule has 1 aromatic carbocycles. The maximum absolute atomic E-state index is 13.6. The lowest BCUT2D eigenvalue weighted by Crippen LogP contribution is -2.48. The van der Waals surface area contributed by atoms with Gasteiger partial charge in [0.2, 0.25) is 0 Å². The van der Waals surface area contributed by atoms with E-state index in [2.05, 4.69) is 14.8 Å². The molecular weight excluding hydrogens is 464 g/mol. The molecule has 3 aromatic rings. The van der Waals surface area contributed by atoms with E-state index in [1.807, 2.05) is 0 Å². The molecule has 0 bridgehead atoms. The van der Waals surface area contributed by atoms with E-state index in [4.69, 9.17) is 5.10 Å². The Balaban J connectivity index is 1.39. The number of hydrogen-bond donors (Lipinski definition) is 1. The zero-order valence-electron chi connectivity index (χ0n) is 20.2. The number of anilines is 1. The second kappa shape index (κ2) is 9.42. The van der Waals surface area contributed by atoms with Crippen molar-refractivity contribution in [1.82, 2.24) is 19.7 Å². The zero-order valence-corrected chi connectivity index (χ0v) is 20.2. The summed E-state index contributed by atoms with van der Waals surface area (Å²) in [5.41, 5.74) is 2.96. The lowest BCUT2D eigenvalue weighted by Gasteiger charge is -2.41. The minimum atomic E-state index is -1.08. The monoisotopic (exact) mass is 495 g/mol. The molecule has 6 rings (SSSR count). The van der Waals surface area contributed by atoms with Gasteiger partial charge in [-0.2, -0.15) is 5.10 Å². The first kappa shape index (κ1) is 23.3. The van der Waals surface area contributed by atoms with Crippen molar-refractivity contribution >= 4 is 22.7 Å². The third-order valence-corrected chi connectivity index (χ3v) is 8.21. The highest BCUT2D eigenvalue weighted by atomic mass is 19.1. The van der Waals surface area contributed by atoms with Crippen molar-refractivity contribution in [3.63, 3.8) is 0 Å². The van der Waals surface area contributed by atoms with Crippen molar-refractivity contribution in [2.45, 2.75) is 63.1 Å². The number of piperidine rings is 2. The van der Waals surface area contributed by atoms with E-state index in [0.717, 1.165) is 75.1 Å². The summed E-state index contributed by atoms with van der Waals surface area (Å²) in [5, 5.41) is 15.7. The first-order chi connectivity index (χ1) is 17.5. The lowest BCUT2D eigenvalue weighted by atomic mass is 9.82. The van der Waals surface area contributed by atoms with Crippen LogP contribution < -0.4 is 4.90 Å². The number of carboxylic acids is 1. The molecule has 1 N–H and O–H groups in total. The summed E-state index contributed by atoms with van der Waals surface area (Å²) in [4.78, 5) is 21.3. The summed E-state index contributed by atoms with van der Waals surface area (Å²) in [6.45, 7) is 3.21. The molecular formula is C27H31F2N5O2. The number of alkyl halides is 1. The molecule has 36 heavy (non-hydrogen) atoms. The Labute approximate surface area is 208 Å². The van der Waals surface area contributed by atoms with Crippen LogP contribution in [0.15, 0.2) is 30.3 Å². The standard InChI is InChI=1S/C27H31F2N5O2/c28-18-4-6-21(7-5-18)34-26-24(25(31-34)17-2-1-3-17)23(16-22(30-26)27(35)36)33-14-10-20(11-15-33)32-12-8-19(29)9-13-32/h4-7,16-17,19-20H,1-3,8-15H2,(H,35,36). The zero-order chi connectivity index (χ0) is 24.8. The van der Waals surface area contributed by atoms with Gasteiger partial charge in [-0.05, 0) is 68.9 Å². The molecule has 0 amide bonds. The molecule has 0 spiro atoms. The molecule has 2 aromatic heterocycles. The van der Waals surface area contributed by atoms with Crippen LogP contribution in [-0.4, -0.2) is 69.1 Å². The number of carbonyl (C=O) groups is 1. The van der Waals surface area contributed by atoms with Crippen LogP contribution in [0.4, 0.5) is 14.5 Å². The number of nitrogens with zero attached hydrogens (tertiary/aromatic N) is 5. The number of aromatic nitrogens is 3. The van der Waals surface area contributed by atoms with E-state index in [-0.39, 0.29) is 11.5 Å². The van der Waals surface area contributed by atoms with Gasteiger partial charge in [0.25, 0.3) is 0 Å². The van der Waals surface area contributed by atoms with Crippen molar-refractivity contribution in [1.29, 1.82) is 0 Å². The lowest BCUT2D eigenvalue weighted by molar-refractivity contribution is 0.0690. The fourth-order valence-electron chi connectivity index (χ4n) is 5.92. The topological polar surface area (TPSA) is 74.5 Å². The maximum atomic E-state index is 13.6. The number of halogens is 2. The van der Waals surface area contributed by atoms with Gasteiger partial charge in [0.1, 0.15) is 12.0 Å². The molecule has 190 valence electrons. The van der Waals surface area contributed by atoms with Crippen molar-refractivity contribution in [2.24, 2.45) is 0 Å². The van der Waals surface area contributed by atoms with E-state index in [0.29, 0.717) is 36.1 Å². The van der Waals surface area contributed by atoms with Crippen molar-refractivity contribution < 1.29 is 18.7 Å². The maximum Gasteiger partial charge on any atom is 0.354 e. The average molecular weight is 496 g/mol. The predicted molar refractivity (Wildman–Crippen MR) is 133 cm³/mol. The Hall–Kier alpha value is -3.07. The van der Waals surface area contributed by atoms with Crippen LogP contribution in [0.2, 0.25) is 0 Å². The molecule has 0 atom stereocenters. The molecule has 2 saturated heterocycles. The van der Waals surface area contributed by atoms with Gasteiger partial charge in [-0.3, -0.25) is 0 Å². The van der Waals surface area contributed by atoms with Crippen LogP contribution in [0.3, 0.4) is 0 Å². The summed E-state index contributed by atoms with van der Waals surface area (Å²) in [6, 6.07) is 8.17. The second-order valence-corrected chi connectivity index (χ2v) is 10.4. The highest BCUT2D eigenvalue weighted by molar-refractivity contribution is 5.98. The number of aromatic carboxylic acids is 1. The van der Waals surface area contributed by atoms with Crippen LogP contribution in [-0.2, 0) is 0 Å². The second-order valence-electron chi connectivity index (χ2n) is 10.4. The minimum Gasteiger partial charge on any atom is -0.477 e. The van der Waals surface area contributed by atoms with E-state index in [9.17, 15) is 18.7 Å². The molecule has 0 unspecified atom stereocenters. The van der Waals surface area contributed by atoms with Crippen LogP contribution >= 0.6 is 0 Å². The number of pyridine rings is 1. The van der Waals surface area contributed by atoms with Gasteiger partial charge in [-0.15, -0.1) is 0 Å². The van der Waals surface area contributed by atoms with Crippen LogP contribution in [0, 0.1) is 5.82 Å². The Kier molecular flexibility index (Phi) is 6.11. The first-order valence-electron chi connectivity index (χ1n) is 13.0. The van der Waals surface area contributed by atoms with Crippen LogP contribution in [0.1, 0.15) is 67.0 Å². The number of rotatable bonds is 5. The number of fused-ring (bicyclic) bond motifs is 1. The summed E-state index contributed by atoms with van der Waals surface area (Å²) in [5.74, 6) is -1.11.